The van der Waals surface area contributed by atoms with Gasteiger partial charge in [-0.25, -0.2) is 4.98 Å². The number of rotatable bonds is 7. The lowest BCUT2D eigenvalue weighted by atomic mass is 10.1. The smallest absolute Gasteiger partial charge is 0.387 e. The lowest BCUT2D eigenvalue weighted by Gasteiger charge is -2.05. The first-order valence-electron chi connectivity index (χ1n) is 6.49. The van der Waals surface area contributed by atoms with Gasteiger partial charge in [0.2, 0.25) is 0 Å². The molecule has 0 saturated carbocycles. The van der Waals surface area contributed by atoms with Crippen LogP contribution in [0.2, 0.25) is 0 Å². The molecular weight excluding hydrogens is 264 g/mol. The summed E-state index contributed by atoms with van der Waals surface area (Å²) in [5, 5.41) is 3.24. The Morgan fingerprint density at radius 3 is 3.00 bits per heavy atom. The van der Waals surface area contributed by atoms with Gasteiger partial charge in [-0.3, -0.25) is 0 Å². The number of hydrogen-bond donors (Lipinski definition) is 2. The van der Waals surface area contributed by atoms with Crippen LogP contribution in [0.15, 0.2) is 30.5 Å². The predicted molar refractivity (Wildman–Crippen MR) is 72.7 cm³/mol. The van der Waals surface area contributed by atoms with Crippen LogP contribution in [0.25, 0.3) is 11.3 Å². The molecule has 0 unspecified atom stereocenters. The van der Waals surface area contributed by atoms with Gasteiger partial charge in [0.05, 0.1) is 18.4 Å². The average Bonchev–Trinajstić information content (AvgIpc) is 2.87. The van der Waals surface area contributed by atoms with E-state index in [1.54, 1.807) is 18.3 Å². The number of imidazole rings is 1. The maximum absolute atomic E-state index is 12.2. The second-order valence-corrected chi connectivity index (χ2v) is 4.33. The quantitative estimate of drug-likeness (QED) is 0.766. The molecule has 2 N–H and O–H groups in total. The summed E-state index contributed by atoms with van der Waals surface area (Å²) in [5.41, 5.74) is 1.54. The zero-order valence-corrected chi connectivity index (χ0v) is 11.2. The number of H-pyrrole nitrogens is 1. The minimum atomic E-state index is -2.82. The molecule has 0 amide bonds. The van der Waals surface area contributed by atoms with E-state index in [-0.39, 0.29) is 5.75 Å². The maximum Gasteiger partial charge on any atom is 0.387 e. The van der Waals surface area contributed by atoms with Crippen LogP contribution < -0.4 is 10.1 Å². The van der Waals surface area contributed by atoms with E-state index in [0.717, 1.165) is 30.0 Å². The fourth-order valence-corrected chi connectivity index (χ4v) is 1.82. The van der Waals surface area contributed by atoms with Crippen LogP contribution in [0.3, 0.4) is 0 Å². The van der Waals surface area contributed by atoms with E-state index in [0.29, 0.717) is 6.54 Å². The molecule has 2 aromatic rings. The number of aromatic amines is 1. The second kappa shape index (κ2) is 7.00. The molecule has 1 heterocycles. The van der Waals surface area contributed by atoms with Crippen LogP contribution in [0.5, 0.6) is 5.75 Å². The highest BCUT2D eigenvalue weighted by atomic mass is 19.3. The molecule has 0 radical (unpaired) electrons. The van der Waals surface area contributed by atoms with Gasteiger partial charge in [0.25, 0.3) is 0 Å². The Kier molecular flexibility index (Phi) is 5.06. The first-order chi connectivity index (χ1) is 9.69. The summed E-state index contributed by atoms with van der Waals surface area (Å²) in [5.74, 6) is 0.950. The topological polar surface area (TPSA) is 49.9 Å². The van der Waals surface area contributed by atoms with Gasteiger partial charge >= 0.3 is 6.61 Å². The Morgan fingerprint density at radius 1 is 1.40 bits per heavy atom. The summed E-state index contributed by atoms with van der Waals surface area (Å²) in [4.78, 5) is 7.40. The minimum Gasteiger partial charge on any atom is -0.435 e. The fourth-order valence-electron chi connectivity index (χ4n) is 1.82. The molecule has 20 heavy (non-hydrogen) atoms. The SMILES string of the molecule is CCCNCc1ncc(-c2cccc(OC(F)F)c2)[nH]1. The Labute approximate surface area is 116 Å². The van der Waals surface area contributed by atoms with E-state index in [9.17, 15) is 8.78 Å². The van der Waals surface area contributed by atoms with E-state index in [1.807, 2.05) is 6.07 Å². The van der Waals surface area contributed by atoms with Crippen molar-refractivity contribution < 1.29 is 13.5 Å². The van der Waals surface area contributed by atoms with Gasteiger partial charge in [-0.15, -0.1) is 0 Å². The Bertz CT molecular complexity index is 543. The van der Waals surface area contributed by atoms with Crippen molar-refractivity contribution in [3.63, 3.8) is 0 Å². The van der Waals surface area contributed by atoms with Crippen LogP contribution in [0.4, 0.5) is 8.78 Å². The summed E-state index contributed by atoms with van der Waals surface area (Å²) < 4.78 is 28.7. The third kappa shape index (κ3) is 4.03. The van der Waals surface area contributed by atoms with Gasteiger partial charge in [-0.1, -0.05) is 19.1 Å². The number of halogens is 2. The van der Waals surface area contributed by atoms with Gasteiger partial charge in [0.1, 0.15) is 11.6 Å². The number of aromatic nitrogens is 2. The van der Waals surface area contributed by atoms with Gasteiger partial charge < -0.3 is 15.0 Å². The van der Waals surface area contributed by atoms with E-state index < -0.39 is 6.61 Å². The van der Waals surface area contributed by atoms with Gasteiger partial charge in [0.15, 0.2) is 0 Å². The molecule has 2 rings (SSSR count). The van der Waals surface area contributed by atoms with Crippen molar-refractivity contribution >= 4 is 0 Å². The number of nitrogens with one attached hydrogen (secondary N) is 2. The monoisotopic (exact) mass is 281 g/mol. The molecule has 1 aromatic heterocycles. The molecule has 0 aliphatic heterocycles. The normalized spacial score (nSPS) is 11.0. The van der Waals surface area contributed by atoms with E-state index >= 15 is 0 Å². The van der Waals surface area contributed by atoms with Crippen molar-refractivity contribution in [2.45, 2.75) is 26.5 Å². The second-order valence-electron chi connectivity index (χ2n) is 4.33. The van der Waals surface area contributed by atoms with Crippen LogP contribution in [0, 0.1) is 0 Å². The average molecular weight is 281 g/mol. The molecule has 0 spiro atoms. The molecule has 0 fully saturated rings. The molecule has 108 valence electrons. The lowest BCUT2D eigenvalue weighted by Crippen LogP contribution is -2.14. The summed E-state index contributed by atoms with van der Waals surface area (Å²) in [6.45, 7) is 0.852. The first-order valence-corrected chi connectivity index (χ1v) is 6.49. The molecule has 6 heteroatoms. The van der Waals surface area contributed by atoms with Crippen molar-refractivity contribution in [2.24, 2.45) is 0 Å². The highest BCUT2D eigenvalue weighted by Gasteiger charge is 2.07. The van der Waals surface area contributed by atoms with E-state index in [1.165, 1.54) is 6.07 Å². The Hall–Kier alpha value is -1.95. The molecule has 0 aliphatic rings. The summed E-state index contributed by atoms with van der Waals surface area (Å²) in [6, 6.07) is 6.54. The standard InChI is InChI=1S/C14H17F2N3O/c1-2-6-17-9-13-18-8-12(19-13)10-4-3-5-11(7-10)20-14(15)16/h3-5,7-8,14,17H,2,6,9H2,1H3,(H,18,19). The van der Waals surface area contributed by atoms with E-state index in [2.05, 4.69) is 26.9 Å². The largest absolute Gasteiger partial charge is 0.435 e. The van der Waals surface area contributed by atoms with Crippen molar-refractivity contribution in [3.05, 3.63) is 36.3 Å². The summed E-state index contributed by atoms with van der Waals surface area (Å²) in [6.07, 6.45) is 2.74. The number of nitrogens with zero attached hydrogens (tertiary/aromatic N) is 1. The first kappa shape index (κ1) is 14.5. The third-order valence-electron chi connectivity index (χ3n) is 2.72. The van der Waals surface area contributed by atoms with Crippen molar-refractivity contribution in [2.75, 3.05) is 6.54 Å². The van der Waals surface area contributed by atoms with E-state index in [4.69, 9.17) is 0 Å². The molecule has 0 atom stereocenters. The van der Waals surface area contributed by atoms with Gasteiger partial charge in [0, 0.05) is 5.56 Å². The molecule has 4 nitrogen and oxygen atoms in total. The van der Waals surface area contributed by atoms with Crippen LogP contribution >= 0.6 is 0 Å². The zero-order chi connectivity index (χ0) is 14.4. The van der Waals surface area contributed by atoms with Crippen LogP contribution in [-0.4, -0.2) is 23.1 Å². The van der Waals surface area contributed by atoms with Crippen LogP contribution in [-0.2, 0) is 6.54 Å². The van der Waals surface area contributed by atoms with Crippen molar-refractivity contribution in [1.29, 1.82) is 0 Å². The Balaban J connectivity index is 2.07. The number of ether oxygens (including phenoxy) is 1. The third-order valence-corrected chi connectivity index (χ3v) is 2.72. The molecule has 0 aliphatic carbocycles. The fraction of sp³-hybridized carbons (Fsp3) is 0.357. The van der Waals surface area contributed by atoms with Crippen molar-refractivity contribution in [1.82, 2.24) is 15.3 Å². The van der Waals surface area contributed by atoms with Gasteiger partial charge in [-0.05, 0) is 25.1 Å². The maximum atomic E-state index is 12.2. The van der Waals surface area contributed by atoms with Crippen molar-refractivity contribution in [3.8, 4) is 17.0 Å². The Morgan fingerprint density at radius 2 is 2.25 bits per heavy atom. The predicted octanol–water partition coefficient (Wildman–Crippen LogP) is 3.18. The number of benzene rings is 1. The van der Waals surface area contributed by atoms with Gasteiger partial charge in [-0.2, -0.15) is 8.78 Å². The summed E-state index contributed by atoms with van der Waals surface area (Å²) >= 11 is 0. The molecular formula is C14H17F2N3O. The highest BCUT2D eigenvalue weighted by Crippen LogP contribution is 2.23. The molecule has 1 aromatic carbocycles. The molecule has 0 saturated heterocycles. The van der Waals surface area contributed by atoms with Crippen LogP contribution in [0.1, 0.15) is 19.2 Å². The summed E-state index contributed by atoms with van der Waals surface area (Å²) in [7, 11) is 0. The zero-order valence-electron chi connectivity index (χ0n) is 11.2. The minimum absolute atomic E-state index is 0.137. The highest BCUT2D eigenvalue weighted by molar-refractivity contribution is 5.60. The molecule has 0 bridgehead atoms. The number of alkyl halides is 2. The number of hydrogen-bond acceptors (Lipinski definition) is 3. The lowest BCUT2D eigenvalue weighted by molar-refractivity contribution is -0.0498.